The minimum atomic E-state index is -0.930. The summed E-state index contributed by atoms with van der Waals surface area (Å²) in [7, 11) is 0. The smallest absolute Gasteiger partial charge is 0.335 e. The van der Waals surface area contributed by atoms with Crippen LogP contribution < -0.4 is 14.4 Å². The van der Waals surface area contributed by atoms with Gasteiger partial charge in [0, 0.05) is 23.4 Å². The minimum Gasteiger partial charge on any atom is -0.461 e. The molecule has 0 saturated heterocycles. The van der Waals surface area contributed by atoms with Crippen LogP contribution in [-0.2, 0) is 19.7 Å². The number of carbonyl (C=O) groups excluding carboxylic acids is 2. The fraction of sp³-hybridized carbons (Fsp3) is 0.231. The van der Waals surface area contributed by atoms with E-state index in [1.807, 2.05) is 36.4 Å². The van der Waals surface area contributed by atoms with Crippen LogP contribution in [0.2, 0.25) is 0 Å². The van der Waals surface area contributed by atoms with E-state index in [-0.39, 0.29) is 6.61 Å². The Balaban J connectivity index is 1.78. The van der Waals surface area contributed by atoms with E-state index in [1.165, 1.54) is 0 Å². The molecule has 6 nitrogen and oxygen atoms in total. The third kappa shape index (κ3) is 3.28. The highest BCUT2D eigenvalue weighted by Crippen LogP contribution is 2.55. The third-order valence-corrected chi connectivity index (χ3v) is 6.02. The second kappa shape index (κ2) is 8.04. The van der Waals surface area contributed by atoms with Gasteiger partial charge in [0.1, 0.15) is 6.61 Å². The van der Waals surface area contributed by atoms with Gasteiger partial charge in [-0.1, -0.05) is 43.5 Å². The van der Waals surface area contributed by atoms with Crippen LogP contribution in [0.25, 0.3) is 6.08 Å². The van der Waals surface area contributed by atoms with Crippen LogP contribution in [0.4, 0.5) is 5.69 Å². The van der Waals surface area contributed by atoms with Crippen molar-refractivity contribution in [3.05, 3.63) is 85.0 Å². The zero-order valence-electron chi connectivity index (χ0n) is 18.2. The first kappa shape index (κ1) is 21.4. The van der Waals surface area contributed by atoms with Crippen molar-refractivity contribution >= 4 is 23.7 Å². The summed E-state index contributed by atoms with van der Waals surface area (Å²) >= 11 is 0. The standard InChI is InChI=1S/C26H25NO5/c1-5-22(28)30-17-16-27-20-12-8-7-11-19(20)25(3,4)26(27)15-14-18-10-9-13-21(24(18)32-26)31-23(29)6-2/h5-15H,1-2,16-17H2,3-4H3. The zero-order valence-corrected chi connectivity index (χ0v) is 18.2. The van der Waals surface area contributed by atoms with Crippen molar-refractivity contribution in [1.29, 1.82) is 0 Å². The predicted octanol–water partition coefficient (Wildman–Crippen LogP) is 4.41. The summed E-state index contributed by atoms with van der Waals surface area (Å²) in [4.78, 5) is 25.6. The van der Waals surface area contributed by atoms with Gasteiger partial charge < -0.3 is 19.1 Å². The molecule has 2 aromatic rings. The molecule has 0 radical (unpaired) electrons. The van der Waals surface area contributed by atoms with Crippen LogP contribution in [0.15, 0.2) is 73.9 Å². The van der Waals surface area contributed by atoms with E-state index in [9.17, 15) is 9.59 Å². The Morgan fingerprint density at radius 2 is 1.81 bits per heavy atom. The highest BCUT2D eigenvalue weighted by Gasteiger charge is 2.59. The van der Waals surface area contributed by atoms with Gasteiger partial charge in [-0.05, 0) is 43.7 Å². The molecule has 164 valence electrons. The van der Waals surface area contributed by atoms with Crippen molar-refractivity contribution in [2.24, 2.45) is 0 Å². The molecule has 0 aliphatic carbocycles. The fourth-order valence-electron chi connectivity index (χ4n) is 4.41. The molecule has 2 aliphatic heterocycles. The van der Waals surface area contributed by atoms with Gasteiger partial charge in [-0.25, -0.2) is 9.59 Å². The molecule has 6 heteroatoms. The van der Waals surface area contributed by atoms with Crippen LogP contribution in [0.3, 0.4) is 0 Å². The molecule has 2 aliphatic rings. The van der Waals surface area contributed by atoms with Gasteiger partial charge in [0.05, 0.1) is 12.0 Å². The first-order valence-electron chi connectivity index (χ1n) is 10.4. The fourth-order valence-corrected chi connectivity index (χ4v) is 4.41. The monoisotopic (exact) mass is 431 g/mol. The van der Waals surface area contributed by atoms with Gasteiger partial charge in [0.2, 0.25) is 5.72 Å². The van der Waals surface area contributed by atoms with Crippen LogP contribution in [-0.4, -0.2) is 30.8 Å². The lowest BCUT2D eigenvalue weighted by atomic mass is 9.76. The first-order valence-corrected chi connectivity index (χ1v) is 10.4. The van der Waals surface area contributed by atoms with E-state index in [4.69, 9.17) is 14.2 Å². The van der Waals surface area contributed by atoms with E-state index in [2.05, 4.69) is 38.0 Å². The molecule has 1 unspecified atom stereocenters. The number of rotatable bonds is 6. The summed E-state index contributed by atoms with van der Waals surface area (Å²) in [5.41, 5.74) is 1.48. The number of fused-ring (bicyclic) bond motifs is 2. The highest BCUT2D eigenvalue weighted by atomic mass is 16.6. The number of ether oxygens (including phenoxy) is 3. The summed E-state index contributed by atoms with van der Waals surface area (Å²) in [6.45, 7) is 11.7. The Bertz CT molecular complexity index is 1130. The molecule has 2 heterocycles. The molecule has 4 rings (SSSR count). The Labute approximate surface area is 187 Å². The first-order chi connectivity index (χ1) is 15.3. The molecular weight excluding hydrogens is 406 g/mol. The van der Waals surface area contributed by atoms with Crippen molar-refractivity contribution in [2.45, 2.75) is 25.0 Å². The summed E-state index contributed by atoms with van der Waals surface area (Å²) < 4.78 is 17.4. The van der Waals surface area contributed by atoms with Crippen LogP contribution in [0.5, 0.6) is 11.5 Å². The van der Waals surface area contributed by atoms with Crippen molar-refractivity contribution in [3.63, 3.8) is 0 Å². The van der Waals surface area contributed by atoms with Gasteiger partial charge in [-0.2, -0.15) is 0 Å². The van der Waals surface area contributed by atoms with Gasteiger partial charge in [0.15, 0.2) is 11.5 Å². The van der Waals surface area contributed by atoms with E-state index < -0.39 is 23.1 Å². The number of para-hydroxylation sites is 2. The molecule has 0 saturated carbocycles. The lowest BCUT2D eigenvalue weighted by Crippen LogP contribution is -2.60. The quantitative estimate of drug-likeness (QED) is 0.384. The highest BCUT2D eigenvalue weighted by molar-refractivity contribution is 5.84. The maximum atomic E-state index is 11.9. The van der Waals surface area contributed by atoms with Crippen molar-refractivity contribution in [1.82, 2.24) is 0 Å². The molecular formula is C26H25NO5. The summed E-state index contributed by atoms with van der Waals surface area (Å²) in [6.07, 6.45) is 6.25. The molecule has 0 bridgehead atoms. The molecule has 0 aromatic heterocycles. The molecule has 1 spiro atoms. The van der Waals surface area contributed by atoms with Crippen molar-refractivity contribution in [3.8, 4) is 11.5 Å². The molecule has 1 atom stereocenters. The number of carbonyl (C=O) groups is 2. The SMILES string of the molecule is C=CC(=O)OCCN1c2ccccc2C(C)(C)C12C=Cc1cccc(OC(=O)C=C)c1O2. The number of nitrogens with zero attached hydrogens (tertiary/aromatic N) is 1. The van der Waals surface area contributed by atoms with E-state index in [0.29, 0.717) is 18.0 Å². The number of esters is 2. The average molecular weight is 431 g/mol. The number of anilines is 1. The second-order valence-electron chi connectivity index (χ2n) is 8.10. The predicted molar refractivity (Wildman–Crippen MR) is 123 cm³/mol. The lowest BCUT2D eigenvalue weighted by molar-refractivity contribution is -0.137. The Hall–Kier alpha value is -3.80. The zero-order chi connectivity index (χ0) is 22.9. The third-order valence-electron chi connectivity index (χ3n) is 6.02. The molecule has 0 fully saturated rings. The van der Waals surface area contributed by atoms with Crippen LogP contribution >= 0.6 is 0 Å². The maximum Gasteiger partial charge on any atom is 0.335 e. The van der Waals surface area contributed by atoms with Gasteiger partial charge >= 0.3 is 11.9 Å². The number of hydrogen-bond acceptors (Lipinski definition) is 6. The van der Waals surface area contributed by atoms with Crippen LogP contribution in [0, 0.1) is 0 Å². The lowest BCUT2D eigenvalue weighted by Gasteiger charge is -2.47. The summed E-state index contributed by atoms with van der Waals surface area (Å²) in [5, 5.41) is 0. The van der Waals surface area contributed by atoms with E-state index in [0.717, 1.165) is 29.0 Å². The van der Waals surface area contributed by atoms with Crippen molar-refractivity contribution in [2.75, 3.05) is 18.1 Å². The van der Waals surface area contributed by atoms with Gasteiger partial charge in [-0.3, -0.25) is 0 Å². The molecule has 2 aromatic carbocycles. The van der Waals surface area contributed by atoms with Crippen LogP contribution in [0.1, 0.15) is 25.0 Å². The molecule has 0 N–H and O–H groups in total. The number of hydrogen-bond donors (Lipinski definition) is 0. The normalized spacial score (nSPS) is 19.5. The summed E-state index contributed by atoms with van der Waals surface area (Å²) in [5.74, 6) is -0.247. The maximum absolute atomic E-state index is 11.9. The van der Waals surface area contributed by atoms with E-state index >= 15 is 0 Å². The average Bonchev–Trinajstić information content (AvgIpc) is 2.98. The number of benzene rings is 2. The Morgan fingerprint density at radius 1 is 1.06 bits per heavy atom. The summed E-state index contributed by atoms with van der Waals surface area (Å²) in [6, 6.07) is 13.5. The molecule has 32 heavy (non-hydrogen) atoms. The van der Waals surface area contributed by atoms with Gasteiger partial charge in [-0.15, -0.1) is 0 Å². The van der Waals surface area contributed by atoms with Crippen molar-refractivity contribution < 1.29 is 23.8 Å². The largest absolute Gasteiger partial charge is 0.461 e. The van der Waals surface area contributed by atoms with E-state index in [1.54, 1.807) is 12.1 Å². The Morgan fingerprint density at radius 3 is 2.56 bits per heavy atom. The minimum absolute atomic E-state index is 0.161. The Kier molecular flexibility index (Phi) is 5.38. The second-order valence-corrected chi connectivity index (χ2v) is 8.10. The van der Waals surface area contributed by atoms with Gasteiger partial charge in [0.25, 0.3) is 0 Å². The molecule has 0 amide bonds. The topological polar surface area (TPSA) is 65.1 Å².